The lowest BCUT2D eigenvalue weighted by atomic mass is 9.96. The normalized spacial score (nSPS) is 19.9. The largest absolute Gasteiger partial charge is 0.501 e. The molecule has 0 aliphatic carbocycles. The highest BCUT2D eigenvalue weighted by Gasteiger charge is 2.24. The lowest BCUT2D eigenvalue weighted by molar-refractivity contribution is 0.210. The number of halogens is 1. The zero-order valence-electron chi connectivity index (χ0n) is 9.71. The van der Waals surface area contributed by atoms with Crippen molar-refractivity contribution in [2.24, 2.45) is 0 Å². The average Bonchev–Trinajstić information content (AvgIpc) is 2.87. The molecule has 2 aliphatic heterocycles. The number of allylic oxidation sites excluding steroid dienone is 1. The van der Waals surface area contributed by atoms with Gasteiger partial charge >= 0.3 is 0 Å². The maximum atomic E-state index is 14.5. The summed E-state index contributed by atoms with van der Waals surface area (Å²) in [7, 11) is 0. The smallest absolute Gasteiger partial charge is 0.151 e. The van der Waals surface area contributed by atoms with Crippen LogP contribution < -0.4 is 5.32 Å². The maximum Gasteiger partial charge on any atom is 0.151 e. The first-order chi connectivity index (χ1) is 8.36. The van der Waals surface area contributed by atoms with E-state index < -0.39 is 6.17 Å². The fraction of sp³-hybridized carbons (Fsp3) is 0.429. The Balaban J connectivity index is 1.93. The summed E-state index contributed by atoms with van der Waals surface area (Å²) in [5.41, 5.74) is 3.74. The van der Waals surface area contributed by atoms with Crippen molar-refractivity contribution in [2.75, 3.05) is 18.5 Å². The standard InChI is InChI=1S/C14H16FNO/c15-13(11-4-2-8-17-9-11)12-5-1-3-10-6-7-16-14(10)12/h1,3,5,9,13,16H,2,4,6-8H2. The average molecular weight is 233 g/mol. The molecule has 2 aliphatic rings. The van der Waals surface area contributed by atoms with Gasteiger partial charge in [0.2, 0.25) is 0 Å². The Labute approximate surface area is 100 Å². The van der Waals surface area contributed by atoms with Gasteiger partial charge in [-0.3, -0.25) is 0 Å². The van der Waals surface area contributed by atoms with E-state index >= 15 is 0 Å². The Morgan fingerprint density at radius 3 is 3.06 bits per heavy atom. The summed E-state index contributed by atoms with van der Waals surface area (Å²) in [6.07, 6.45) is 3.27. The molecule has 0 amide bonds. The molecule has 2 heterocycles. The molecule has 1 aromatic carbocycles. The number of nitrogens with one attached hydrogen (secondary N) is 1. The summed E-state index contributed by atoms with van der Waals surface area (Å²) >= 11 is 0. The lowest BCUT2D eigenvalue weighted by Crippen LogP contribution is -2.06. The number of anilines is 1. The van der Waals surface area contributed by atoms with E-state index in [2.05, 4.69) is 11.4 Å². The molecule has 0 aromatic heterocycles. The molecule has 2 nitrogen and oxygen atoms in total. The van der Waals surface area contributed by atoms with E-state index in [0.29, 0.717) is 6.61 Å². The fourth-order valence-corrected chi connectivity index (χ4v) is 2.55. The summed E-state index contributed by atoms with van der Waals surface area (Å²) in [4.78, 5) is 0. The van der Waals surface area contributed by atoms with E-state index in [1.807, 2.05) is 12.1 Å². The molecule has 3 heteroatoms. The van der Waals surface area contributed by atoms with Crippen LogP contribution >= 0.6 is 0 Å². The molecule has 1 unspecified atom stereocenters. The molecule has 1 atom stereocenters. The molecule has 0 radical (unpaired) electrons. The predicted octanol–water partition coefficient (Wildman–Crippen LogP) is 3.36. The van der Waals surface area contributed by atoms with Crippen molar-refractivity contribution in [1.82, 2.24) is 0 Å². The lowest BCUT2D eigenvalue weighted by Gasteiger charge is -2.19. The first kappa shape index (κ1) is 10.6. The second-order valence-electron chi connectivity index (χ2n) is 4.59. The minimum absolute atomic E-state index is 0.710. The molecule has 0 spiro atoms. The third-order valence-electron chi connectivity index (χ3n) is 3.44. The monoisotopic (exact) mass is 233 g/mol. The van der Waals surface area contributed by atoms with E-state index in [4.69, 9.17) is 4.74 Å². The van der Waals surface area contributed by atoms with Gasteiger partial charge in [-0.25, -0.2) is 4.39 Å². The van der Waals surface area contributed by atoms with Crippen LogP contribution in [0.5, 0.6) is 0 Å². The van der Waals surface area contributed by atoms with Crippen LogP contribution in [0.1, 0.15) is 30.1 Å². The molecule has 0 fully saturated rings. The minimum Gasteiger partial charge on any atom is -0.501 e. The summed E-state index contributed by atoms with van der Waals surface area (Å²) in [5.74, 6) is 0. The number of benzene rings is 1. The number of fused-ring (bicyclic) bond motifs is 1. The van der Waals surface area contributed by atoms with Crippen molar-refractivity contribution < 1.29 is 9.13 Å². The SMILES string of the molecule is FC(C1=COCCC1)c1cccc2c1NCC2. The van der Waals surface area contributed by atoms with Gasteiger partial charge in [-0.15, -0.1) is 0 Å². The number of alkyl halides is 1. The molecule has 17 heavy (non-hydrogen) atoms. The highest BCUT2D eigenvalue weighted by molar-refractivity contribution is 5.62. The molecule has 0 saturated carbocycles. The molecular weight excluding hydrogens is 217 g/mol. The topological polar surface area (TPSA) is 21.3 Å². The Morgan fingerprint density at radius 2 is 2.24 bits per heavy atom. The summed E-state index contributed by atoms with van der Waals surface area (Å²) in [6, 6.07) is 5.88. The van der Waals surface area contributed by atoms with Gasteiger partial charge < -0.3 is 10.1 Å². The van der Waals surface area contributed by atoms with Gasteiger partial charge in [0.15, 0.2) is 6.17 Å². The third kappa shape index (κ3) is 1.90. The van der Waals surface area contributed by atoms with Crippen LogP contribution in [0.4, 0.5) is 10.1 Å². The van der Waals surface area contributed by atoms with Crippen molar-refractivity contribution in [3.63, 3.8) is 0 Å². The number of hydrogen-bond donors (Lipinski definition) is 1. The summed E-state index contributed by atoms with van der Waals surface area (Å²) in [5, 5.41) is 3.28. The quantitative estimate of drug-likeness (QED) is 0.845. The Bertz CT molecular complexity index is 456. The zero-order valence-corrected chi connectivity index (χ0v) is 9.71. The van der Waals surface area contributed by atoms with Crippen LogP contribution in [-0.4, -0.2) is 13.2 Å². The third-order valence-corrected chi connectivity index (χ3v) is 3.44. The van der Waals surface area contributed by atoms with Crippen LogP contribution in [0.2, 0.25) is 0 Å². The van der Waals surface area contributed by atoms with E-state index in [1.165, 1.54) is 5.56 Å². The van der Waals surface area contributed by atoms with Crippen LogP contribution in [0.15, 0.2) is 30.0 Å². The number of rotatable bonds is 2. The van der Waals surface area contributed by atoms with Crippen LogP contribution in [0, 0.1) is 0 Å². The van der Waals surface area contributed by atoms with Crippen molar-refractivity contribution in [1.29, 1.82) is 0 Å². The van der Waals surface area contributed by atoms with Crippen molar-refractivity contribution >= 4 is 5.69 Å². The van der Waals surface area contributed by atoms with Crippen molar-refractivity contribution in [3.05, 3.63) is 41.2 Å². The Morgan fingerprint density at radius 1 is 1.29 bits per heavy atom. The maximum absolute atomic E-state index is 14.5. The Kier molecular flexibility index (Phi) is 2.75. The van der Waals surface area contributed by atoms with Crippen LogP contribution in [-0.2, 0) is 11.2 Å². The predicted molar refractivity (Wildman–Crippen MR) is 65.8 cm³/mol. The van der Waals surface area contributed by atoms with Crippen LogP contribution in [0.25, 0.3) is 0 Å². The highest BCUT2D eigenvalue weighted by atomic mass is 19.1. The van der Waals surface area contributed by atoms with E-state index in [-0.39, 0.29) is 0 Å². The highest BCUT2D eigenvalue weighted by Crippen LogP contribution is 2.38. The minimum atomic E-state index is -1.03. The molecule has 1 N–H and O–H groups in total. The molecule has 1 aromatic rings. The first-order valence-corrected chi connectivity index (χ1v) is 6.16. The van der Waals surface area contributed by atoms with Gasteiger partial charge in [-0.1, -0.05) is 18.2 Å². The van der Waals surface area contributed by atoms with Crippen LogP contribution in [0.3, 0.4) is 0 Å². The fourth-order valence-electron chi connectivity index (χ4n) is 2.55. The van der Waals surface area contributed by atoms with Gasteiger partial charge in [0.25, 0.3) is 0 Å². The van der Waals surface area contributed by atoms with E-state index in [0.717, 1.165) is 42.6 Å². The van der Waals surface area contributed by atoms with Gasteiger partial charge in [0.05, 0.1) is 12.9 Å². The van der Waals surface area contributed by atoms with Crippen molar-refractivity contribution in [2.45, 2.75) is 25.4 Å². The second-order valence-corrected chi connectivity index (χ2v) is 4.59. The van der Waals surface area contributed by atoms with E-state index in [1.54, 1.807) is 6.26 Å². The Hall–Kier alpha value is -1.51. The molecule has 0 bridgehead atoms. The number of ether oxygens (including phenoxy) is 1. The molecule has 0 saturated heterocycles. The summed E-state index contributed by atoms with van der Waals surface area (Å²) < 4.78 is 19.7. The van der Waals surface area contributed by atoms with Gasteiger partial charge in [0.1, 0.15) is 0 Å². The van der Waals surface area contributed by atoms with Gasteiger partial charge in [0, 0.05) is 23.4 Å². The zero-order chi connectivity index (χ0) is 11.7. The van der Waals surface area contributed by atoms with Crippen molar-refractivity contribution in [3.8, 4) is 0 Å². The first-order valence-electron chi connectivity index (χ1n) is 6.16. The summed E-state index contributed by atoms with van der Waals surface area (Å²) in [6.45, 7) is 1.62. The number of para-hydroxylation sites is 1. The molecule has 3 rings (SSSR count). The van der Waals surface area contributed by atoms with Gasteiger partial charge in [-0.2, -0.15) is 0 Å². The number of hydrogen-bond acceptors (Lipinski definition) is 2. The molecular formula is C14H16FNO. The molecule has 90 valence electrons. The van der Waals surface area contributed by atoms with E-state index in [9.17, 15) is 4.39 Å². The second kappa shape index (κ2) is 4.40. The van der Waals surface area contributed by atoms with Gasteiger partial charge in [-0.05, 0) is 24.8 Å².